The molecule has 23 heavy (non-hydrogen) atoms. The van der Waals surface area contributed by atoms with Crippen molar-refractivity contribution in [3.63, 3.8) is 0 Å². The Morgan fingerprint density at radius 1 is 1.13 bits per heavy atom. The smallest absolute Gasteiger partial charge is 0.346 e. The van der Waals surface area contributed by atoms with Crippen molar-refractivity contribution in [3.8, 4) is 0 Å². The van der Waals surface area contributed by atoms with E-state index in [0.717, 1.165) is 23.5 Å². The molecule has 2 aromatic heterocycles. The summed E-state index contributed by atoms with van der Waals surface area (Å²) in [6.07, 6.45) is -3.17. The number of pyridine rings is 1. The summed E-state index contributed by atoms with van der Waals surface area (Å²) in [4.78, 5) is 3.91. The van der Waals surface area contributed by atoms with Crippen molar-refractivity contribution in [1.29, 1.82) is 0 Å². The molecule has 0 fully saturated rings. The van der Waals surface area contributed by atoms with Gasteiger partial charge in [0.1, 0.15) is 0 Å². The largest absolute Gasteiger partial charge is 0.417 e. The summed E-state index contributed by atoms with van der Waals surface area (Å²) < 4.78 is 40.1. The summed E-state index contributed by atoms with van der Waals surface area (Å²) >= 11 is 12.3. The van der Waals surface area contributed by atoms with Crippen molar-refractivity contribution in [3.05, 3.63) is 63.4 Å². The summed E-state index contributed by atoms with van der Waals surface area (Å²) in [6, 6.07) is 8.04. The van der Waals surface area contributed by atoms with Crippen molar-refractivity contribution in [2.45, 2.75) is 12.6 Å². The van der Waals surface area contributed by atoms with Crippen molar-refractivity contribution >= 4 is 34.2 Å². The van der Waals surface area contributed by atoms with Crippen LogP contribution in [0.1, 0.15) is 16.8 Å². The Hall–Kier alpha value is -1.72. The lowest BCUT2D eigenvalue weighted by Gasteiger charge is -2.09. The van der Waals surface area contributed by atoms with Crippen LogP contribution in [0.5, 0.6) is 0 Å². The van der Waals surface area contributed by atoms with Crippen LogP contribution < -0.4 is 0 Å². The van der Waals surface area contributed by atoms with Crippen LogP contribution >= 0.6 is 23.2 Å². The highest BCUT2D eigenvalue weighted by atomic mass is 35.5. The van der Waals surface area contributed by atoms with Crippen LogP contribution in [0.15, 0.2) is 36.5 Å². The van der Waals surface area contributed by atoms with Gasteiger partial charge in [-0.25, -0.2) is 0 Å². The molecule has 0 aliphatic rings. The molecular weight excluding hydrogens is 348 g/mol. The molecule has 3 rings (SSSR count). The van der Waals surface area contributed by atoms with Gasteiger partial charge in [-0.05, 0) is 29.8 Å². The third-order valence-electron chi connectivity index (χ3n) is 3.74. The third-order valence-corrected chi connectivity index (χ3v) is 4.45. The van der Waals surface area contributed by atoms with Gasteiger partial charge in [-0.1, -0.05) is 29.3 Å². The maximum atomic E-state index is 12.8. The number of rotatable bonds is 2. The van der Waals surface area contributed by atoms with Crippen LogP contribution in [0.4, 0.5) is 13.2 Å². The fraction of sp³-hybridized carbons (Fsp3) is 0.188. The first-order valence-corrected chi connectivity index (χ1v) is 7.47. The van der Waals surface area contributed by atoms with Gasteiger partial charge in [0, 0.05) is 35.4 Å². The van der Waals surface area contributed by atoms with Crippen LogP contribution in [0.2, 0.25) is 10.0 Å². The molecule has 0 aliphatic carbocycles. The highest BCUT2D eigenvalue weighted by molar-refractivity contribution is 6.36. The number of hydrogen-bond acceptors (Lipinski definition) is 1. The molecule has 0 bridgehead atoms. The topological polar surface area (TPSA) is 17.8 Å². The fourth-order valence-electron chi connectivity index (χ4n) is 2.46. The number of alkyl halides is 3. The molecule has 3 aromatic rings. The SMILES string of the molecule is Cn1c(Cc2c(Cl)cccc2Cl)cc2ncc(C(F)(F)F)cc21. The molecule has 0 saturated carbocycles. The van der Waals surface area contributed by atoms with Gasteiger partial charge in [-0.2, -0.15) is 13.2 Å². The molecule has 0 radical (unpaired) electrons. The van der Waals surface area contributed by atoms with Gasteiger partial charge in [-0.3, -0.25) is 4.98 Å². The Morgan fingerprint density at radius 3 is 2.39 bits per heavy atom. The van der Waals surface area contributed by atoms with E-state index < -0.39 is 11.7 Å². The number of hydrogen-bond donors (Lipinski definition) is 0. The minimum absolute atomic E-state index is 0.409. The quantitative estimate of drug-likeness (QED) is 0.592. The minimum Gasteiger partial charge on any atom is -0.346 e. The van der Waals surface area contributed by atoms with E-state index in [-0.39, 0.29) is 0 Å². The second kappa shape index (κ2) is 5.73. The predicted molar refractivity (Wildman–Crippen MR) is 85.0 cm³/mol. The summed E-state index contributed by atoms with van der Waals surface area (Å²) in [7, 11) is 1.70. The fourth-order valence-corrected chi connectivity index (χ4v) is 2.99. The van der Waals surface area contributed by atoms with Crippen LogP contribution in [-0.2, 0) is 19.6 Å². The van der Waals surface area contributed by atoms with E-state index in [0.29, 0.717) is 27.5 Å². The molecule has 120 valence electrons. The molecule has 2 heterocycles. The zero-order valence-corrected chi connectivity index (χ0v) is 13.5. The van der Waals surface area contributed by atoms with Gasteiger partial charge in [0.2, 0.25) is 0 Å². The first-order valence-electron chi connectivity index (χ1n) is 6.72. The molecule has 1 aromatic carbocycles. The number of nitrogens with zero attached hydrogens (tertiary/aromatic N) is 2. The Morgan fingerprint density at radius 2 is 1.78 bits per heavy atom. The van der Waals surface area contributed by atoms with Crippen molar-refractivity contribution < 1.29 is 13.2 Å². The van der Waals surface area contributed by atoms with Crippen LogP contribution in [0, 0.1) is 0 Å². The lowest BCUT2D eigenvalue weighted by molar-refractivity contribution is -0.137. The normalized spacial score (nSPS) is 12.1. The average Bonchev–Trinajstić information content (AvgIpc) is 2.78. The maximum Gasteiger partial charge on any atom is 0.417 e. The number of fused-ring (bicyclic) bond motifs is 1. The highest BCUT2D eigenvalue weighted by Gasteiger charge is 2.31. The highest BCUT2D eigenvalue weighted by Crippen LogP contribution is 2.32. The van der Waals surface area contributed by atoms with Crippen LogP contribution in [0.25, 0.3) is 11.0 Å². The van der Waals surface area contributed by atoms with E-state index in [4.69, 9.17) is 23.2 Å². The Kier molecular flexibility index (Phi) is 4.02. The molecule has 0 atom stereocenters. The Balaban J connectivity index is 2.08. The Labute approximate surface area is 140 Å². The maximum absolute atomic E-state index is 12.8. The zero-order valence-electron chi connectivity index (χ0n) is 12.0. The van der Waals surface area contributed by atoms with Gasteiger partial charge in [0.25, 0.3) is 0 Å². The predicted octanol–water partition coefficient (Wildman–Crippen LogP) is 5.49. The molecule has 0 N–H and O–H groups in total. The summed E-state index contributed by atoms with van der Waals surface area (Å²) in [5.41, 5.74) is 1.66. The zero-order chi connectivity index (χ0) is 16.8. The lowest BCUT2D eigenvalue weighted by Crippen LogP contribution is -2.06. The van der Waals surface area contributed by atoms with Gasteiger partial charge in [0.15, 0.2) is 0 Å². The number of aryl methyl sites for hydroxylation is 1. The van der Waals surface area contributed by atoms with Gasteiger partial charge in [-0.15, -0.1) is 0 Å². The first-order chi connectivity index (χ1) is 10.8. The van der Waals surface area contributed by atoms with Crippen LogP contribution in [0.3, 0.4) is 0 Å². The van der Waals surface area contributed by atoms with Crippen LogP contribution in [-0.4, -0.2) is 9.55 Å². The molecule has 0 saturated heterocycles. The molecule has 0 spiro atoms. The van der Waals surface area contributed by atoms with Gasteiger partial charge < -0.3 is 4.57 Å². The van der Waals surface area contributed by atoms with E-state index >= 15 is 0 Å². The summed E-state index contributed by atoms with van der Waals surface area (Å²) in [6.45, 7) is 0. The monoisotopic (exact) mass is 358 g/mol. The summed E-state index contributed by atoms with van der Waals surface area (Å²) in [5.74, 6) is 0. The molecule has 0 unspecified atom stereocenters. The van der Waals surface area contributed by atoms with Crippen molar-refractivity contribution in [2.24, 2.45) is 7.05 Å². The average molecular weight is 359 g/mol. The number of aromatic nitrogens is 2. The lowest BCUT2D eigenvalue weighted by atomic mass is 10.1. The third kappa shape index (κ3) is 3.03. The number of halogens is 5. The van der Waals surface area contributed by atoms with Gasteiger partial charge in [0.05, 0.1) is 16.6 Å². The Bertz CT molecular complexity index is 865. The molecule has 7 heteroatoms. The van der Waals surface area contributed by atoms with E-state index in [2.05, 4.69) is 4.98 Å². The molecule has 0 amide bonds. The molecule has 2 nitrogen and oxygen atoms in total. The summed E-state index contributed by atoms with van der Waals surface area (Å²) in [5, 5.41) is 1.04. The number of benzene rings is 1. The second-order valence-corrected chi connectivity index (χ2v) is 6.01. The van der Waals surface area contributed by atoms with E-state index in [9.17, 15) is 13.2 Å². The van der Waals surface area contributed by atoms with E-state index in [1.165, 1.54) is 0 Å². The molecular formula is C16H11Cl2F3N2. The van der Waals surface area contributed by atoms with E-state index in [1.54, 1.807) is 35.9 Å². The second-order valence-electron chi connectivity index (χ2n) is 5.20. The minimum atomic E-state index is -4.42. The van der Waals surface area contributed by atoms with Crippen molar-refractivity contribution in [1.82, 2.24) is 9.55 Å². The standard InChI is InChI=1S/C16H11Cl2F3N2/c1-23-10(6-11-12(17)3-2-4-13(11)18)7-14-15(23)5-9(8-22-14)16(19,20)21/h2-5,7-8H,6H2,1H3. The molecule has 0 aliphatic heterocycles. The van der Waals surface area contributed by atoms with E-state index in [1.807, 2.05) is 0 Å². The first kappa shape index (κ1) is 16.1. The van der Waals surface area contributed by atoms with Gasteiger partial charge >= 0.3 is 6.18 Å². The van der Waals surface area contributed by atoms with Crippen molar-refractivity contribution in [2.75, 3.05) is 0 Å².